The molecule has 0 aliphatic rings. The van der Waals surface area contributed by atoms with Crippen molar-refractivity contribution < 1.29 is 4.79 Å². The fourth-order valence-corrected chi connectivity index (χ4v) is 1.27. The van der Waals surface area contributed by atoms with Gasteiger partial charge in [0.1, 0.15) is 0 Å². The van der Waals surface area contributed by atoms with Gasteiger partial charge in [-0.3, -0.25) is 4.79 Å². The molecule has 0 spiro atoms. The van der Waals surface area contributed by atoms with Gasteiger partial charge >= 0.3 is 0 Å². The first-order valence-corrected chi connectivity index (χ1v) is 5.08. The summed E-state index contributed by atoms with van der Waals surface area (Å²) < 4.78 is 0. The number of allylic oxidation sites excluding steroid dienone is 3. The SMILES string of the molecule is C=C=CC(=O)CC(C)CCC=C(C)C. The molecule has 14 heavy (non-hydrogen) atoms. The molecule has 0 radical (unpaired) electrons. The van der Waals surface area contributed by atoms with Gasteiger partial charge in [-0.1, -0.05) is 25.2 Å². The van der Waals surface area contributed by atoms with Crippen LogP contribution in [0.4, 0.5) is 0 Å². The smallest absolute Gasteiger partial charge is 0.163 e. The highest BCUT2D eigenvalue weighted by Crippen LogP contribution is 2.12. The zero-order chi connectivity index (χ0) is 11.0. The van der Waals surface area contributed by atoms with Crippen molar-refractivity contribution in [2.24, 2.45) is 5.92 Å². The topological polar surface area (TPSA) is 17.1 Å². The van der Waals surface area contributed by atoms with E-state index in [1.165, 1.54) is 11.6 Å². The Morgan fingerprint density at radius 1 is 1.50 bits per heavy atom. The van der Waals surface area contributed by atoms with Crippen molar-refractivity contribution in [2.75, 3.05) is 0 Å². The van der Waals surface area contributed by atoms with E-state index < -0.39 is 0 Å². The first-order chi connectivity index (χ1) is 6.56. The Hall–Kier alpha value is -1.07. The lowest BCUT2D eigenvalue weighted by Crippen LogP contribution is -2.02. The third kappa shape index (κ3) is 7.57. The molecule has 0 aromatic heterocycles. The van der Waals surface area contributed by atoms with E-state index in [0.29, 0.717) is 12.3 Å². The maximum atomic E-state index is 11.2. The van der Waals surface area contributed by atoms with Gasteiger partial charge in [-0.25, -0.2) is 0 Å². The highest BCUT2D eigenvalue weighted by Gasteiger charge is 2.05. The Morgan fingerprint density at radius 2 is 2.14 bits per heavy atom. The van der Waals surface area contributed by atoms with E-state index in [1.54, 1.807) is 0 Å². The third-order valence-electron chi connectivity index (χ3n) is 2.02. The summed E-state index contributed by atoms with van der Waals surface area (Å²) in [6.07, 6.45) is 6.39. The van der Waals surface area contributed by atoms with Crippen molar-refractivity contribution in [2.45, 2.75) is 40.0 Å². The fraction of sp³-hybridized carbons (Fsp3) is 0.538. The summed E-state index contributed by atoms with van der Waals surface area (Å²) in [5, 5.41) is 0. The average molecular weight is 192 g/mol. The number of carbonyl (C=O) groups excluding carboxylic acids is 1. The van der Waals surface area contributed by atoms with E-state index in [4.69, 9.17) is 0 Å². The molecule has 1 heteroatoms. The highest BCUT2D eigenvalue weighted by molar-refractivity contribution is 5.89. The molecule has 0 bridgehead atoms. The molecule has 0 saturated heterocycles. The molecule has 0 N–H and O–H groups in total. The standard InChI is InChI=1S/C13H20O/c1-5-7-13(14)10-12(4)9-6-8-11(2)3/h7-8,12H,1,6,9-10H2,2-4H3. The Morgan fingerprint density at radius 3 is 2.64 bits per heavy atom. The Bertz CT molecular complexity index is 250. The number of carbonyl (C=O) groups is 1. The molecule has 0 aromatic rings. The van der Waals surface area contributed by atoms with Crippen molar-refractivity contribution in [3.63, 3.8) is 0 Å². The minimum atomic E-state index is 0.129. The summed E-state index contributed by atoms with van der Waals surface area (Å²) in [5.41, 5.74) is 3.85. The lowest BCUT2D eigenvalue weighted by molar-refractivity contribution is -0.115. The molecule has 1 nitrogen and oxygen atoms in total. The molecule has 1 unspecified atom stereocenters. The molecule has 0 saturated carbocycles. The maximum Gasteiger partial charge on any atom is 0.163 e. The first-order valence-electron chi connectivity index (χ1n) is 5.08. The molecule has 0 aliphatic carbocycles. The number of ketones is 1. The second-order valence-electron chi connectivity index (χ2n) is 3.98. The van der Waals surface area contributed by atoms with Crippen LogP contribution in [0, 0.1) is 5.92 Å². The minimum Gasteiger partial charge on any atom is -0.294 e. The maximum absolute atomic E-state index is 11.2. The van der Waals surface area contributed by atoms with Crippen LogP contribution in [-0.2, 0) is 4.79 Å². The van der Waals surface area contributed by atoms with E-state index in [0.717, 1.165) is 12.8 Å². The van der Waals surface area contributed by atoms with Gasteiger partial charge in [-0.15, -0.1) is 5.73 Å². The molecule has 0 aliphatic heterocycles. The second-order valence-corrected chi connectivity index (χ2v) is 3.98. The number of hydrogen-bond acceptors (Lipinski definition) is 1. The van der Waals surface area contributed by atoms with E-state index in [1.807, 2.05) is 0 Å². The van der Waals surface area contributed by atoms with Gasteiger partial charge in [0.25, 0.3) is 0 Å². The summed E-state index contributed by atoms with van der Waals surface area (Å²) in [5.74, 6) is 0.576. The zero-order valence-corrected chi connectivity index (χ0v) is 9.47. The number of rotatable bonds is 6. The molecule has 0 heterocycles. The quantitative estimate of drug-likeness (QED) is 0.356. The molecule has 0 amide bonds. The lowest BCUT2D eigenvalue weighted by Gasteiger charge is -2.06. The van der Waals surface area contributed by atoms with E-state index in [9.17, 15) is 4.79 Å². The fourth-order valence-electron chi connectivity index (χ4n) is 1.27. The van der Waals surface area contributed by atoms with Crippen molar-refractivity contribution in [3.05, 3.63) is 30.0 Å². The predicted molar refractivity (Wildman–Crippen MR) is 61.2 cm³/mol. The molecular formula is C13H20O. The largest absolute Gasteiger partial charge is 0.294 e. The van der Waals surface area contributed by atoms with Gasteiger partial charge in [0.05, 0.1) is 0 Å². The van der Waals surface area contributed by atoms with Crippen LogP contribution in [0.15, 0.2) is 30.0 Å². The second kappa shape index (κ2) is 7.34. The molecule has 0 rings (SSSR count). The molecule has 0 aromatic carbocycles. The summed E-state index contributed by atoms with van der Waals surface area (Å²) in [6, 6.07) is 0. The highest BCUT2D eigenvalue weighted by atomic mass is 16.1. The van der Waals surface area contributed by atoms with E-state index in [2.05, 4.69) is 39.2 Å². The Kier molecular flexibility index (Phi) is 6.78. The molecule has 0 fully saturated rings. The van der Waals surface area contributed by atoms with Crippen LogP contribution in [0.5, 0.6) is 0 Å². The van der Waals surface area contributed by atoms with Gasteiger partial charge < -0.3 is 0 Å². The van der Waals surface area contributed by atoms with Crippen molar-refractivity contribution in [3.8, 4) is 0 Å². The van der Waals surface area contributed by atoms with Crippen molar-refractivity contribution in [1.82, 2.24) is 0 Å². The van der Waals surface area contributed by atoms with Gasteiger partial charge in [0.15, 0.2) is 5.78 Å². The van der Waals surface area contributed by atoms with Crippen LogP contribution in [-0.4, -0.2) is 5.78 Å². The first kappa shape index (κ1) is 12.9. The summed E-state index contributed by atoms with van der Waals surface area (Å²) in [6.45, 7) is 9.67. The molecular weight excluding hydrogens is 172 g/mol. The van der Waals surface area contributed by atoms with Crippen molar-refractivity contribution in [1.29, 1.82) is 0 Å². The minimum absolute atomic E-state index is 0.129. The van der Waals surface area contributed by atoms with E-state index in [-0.39, 0.29) is 5.78 Å². The Balaban J connectivity index is 3.75. The van der Waals surface area contributed by atoms with Crippen LogP contribution in [0.25, 0.3) is 0 Å². The van der Waals surface area contributed by atoms with Crippen LogP contribution >= 0.6 is 0 Å². The predicted octanol–water partition coefficient (Wildman–Crippen LogP) is 3.67. The molecule has 1 atom stereocenters. The van der Waals surface area contributed by atoms with Gasteiger partial charge in [-0.2, -0.15) is 0 Å². The van der Waals surface area contributed by atoms with Crippen LogP contribution < -0.4 is 0 Å². The monoisotopic (exact) mass is 192 g/mol. The van der Waals surface area contributed by atoms with Crippen LogP contribution in [0.3, 0.4) is 0 Å². The zero-order valence-electron chi connectivity index (χ0n) is 9.47. The summed E-state index contributed by atoms with van der Waals surface area (Å²) >= 11 is 0. The summed E-state index contributed by atoms with van der Waals surface area (Å²) in [7, 11) is 0. The Labute approximate surface area is 87.2 Å². The average Bonchev–Trinajstić information content (AvgIpc) is 2.03. The lowest BCUT2D eigenvalue weighted by atomic mass is 9.98. The van der Waals surface area contributed by atoms with Crippen molar-refractivity contribution >= 4 is 5.78 Å². The normalized spacial score (nSPS) is 11.4. The molecule has 78 valence electrons. The van der Waals surface area contributed by atoms with Gasteiger partial charge in [0, 0.05) is 12.5 Å². The van der Waals surface area contributed by atoms with Gasteiger partial charge in [0.2, 0.25) is 0 Å². The van der Waals surface area contributed by atoms with Gasteiger partial charge in [-0.05, 0) is 32.6 Å². The summed E-state index contributed by atoms with van der Waals surface area (Å²) in [4.78, 5) is 11.2. The van der Waals surface area contributed by atoms with E-state index >= 15 is 0 Å². The third-order valence-corrected chi connectivity index (χ3v) is 2.02. The number of hydrogen-bond donors (Lipinski definition) is 0. The van der Waals surface area contributed by atoms with Crippen LogP contribution in [0.1, 0.15) is 40.0 Å². The van der Waals surface area contributed by atoms with Crippen LogP contribution in [0.2, 0.25) is 0 Å².